The Kier molecular flexibility index (Phi) is 4.89. The van der Waals surface area contributed by atoms with Gasteiger partial charge in [0.15, 0.2) is 0 Å². The Morgan fingerprint density at radius 1 is 1.19 bits per heavy atom. The van der Waals surface area contributed by atoms with Crippen molar-refractivity contribution in [1.29, 1.82) is 0 Å². The number of aromatic nitrogens is 2. The second kappa shape index (κ2) is 6.66. The molecule has 4 nitrogen and oxygen atoms in total. The summed E-state index contributed by atoms with van der Waals surface area (Å²) in [5, 5.41) is 4.58. The van der Waals surface area contributed by atoms with E-state index in [2.05, 4.69) is 25.9 Å². The minimum atomic E-state index is 0.224. The standard InChI is InChI=1S/C17H25N3O/c1-17(2,3)13-14-12-16(18)20(19-14)10-7-11-21-15-8-5-4-6-9-15/h4-6,8-9,12H,7,10-11,13,18H2,1-3H3. The molecule has 1 aromatic carbocycles. The fourth-order valence-corrected chi connectivity index (χ4v) is 2.22. The van der Waals surface area contributed by atoms with Gasteiger partial charge in [0.1, 0.15) is 11.6 Å². The number of hydrogen-bond donors (Lipinski definition) is 1. The molecule has 0 aliphatic carbocycles. The van der Waals surface area contributed by atoms with Crippen molar-refractivity contribution in [2.24, 2.45) is 5.41 Å². The maximum absolute atomic E-state index is 6.01. The normalized spacial score (nSPS) is 11.6. The summed E-state index contributed by atoms with van der Waals surface area (Å²) in [6.45, 7) is 8.06. The Morgan fingerprint density at radius 2 is 1.90 bits per heavy atom. The molecule has 0 aliphatic rings. The number of nitrogen functional groups attached to an aromatic ring is 1. The lowest BCUT2D eigenvalue weighted by Gasteiger charge is -2.15. The zero-order valence-corrected chi connectivity index (χ0v) is 13.2. The first kappa shape index (κ1) is 15.4. The number of nitrogens with zero attached hydrogens (tertiary/aromatic N) is 2. The Labute approximate surface area is 126 Å². The van der Waals surface area contributed by atoms with Crippen molar-refractivity contribution < 1.29 is 4.74 Å². The van der Waals surface area contributed by atoms with E-state index in [1.54, 1.807) is 0 Å². The molecule has 1 heterocycles. The SMILES string of the molecule is CC(C)(C)Cc1cc(N)n(CCCOc2ccccc2)n1. The predicted molar refractivity (Wildman–Crippen MR) is 86.4 cm³/mol. The first-order valence-electron chi connectivity index (χ1n) is 7.44. The largest absolute Gasteiger partial charge is 0.494 e. The molecule has 0 saturated carbocycles. The molecular weight excluding hydrogens is 262 g/mol. The molecule has 2 rings (SSSR count). The van der Waals surface area contributed by atoms with Crippen molar-refractivity contribution in [3.8, 4) is 5.75 Å². The molecule has 21 heavy (non-hydrogen) atoms. The molecule has 0 atom stereocenters. The van der Waals surface area contributed by atoms with Crippen LogP contribution in [0, 0.1) is 5.41 Å². The highest BCUT2D eigenvalue weighted by atomic mass is 16.5. The third-order valence-electron chi connectivity index (χ3n) is 3.10. The van der Waals surface area contributed by atoms with E-state index < -0.39 is 0 Å². The summed E-state index contributed by atoms with van der Waals surface area (Å²) in [5.41, 5.74) is 7.30. The average Bonchev–Trinajstić information content (AvgIpc) is 2.74. The number of benzene rings is 1. The summed E-state index contributed by atoms with van der Waals surface area (Å²) < 4.78 is 7.54. The number of nitrogens with two attached hydrogens (primary N) is 1. The van der Waals surface area contributed by atoms with E-state index in [9.17, 15) is 0 Å². The van der Waals surface area contributed by atoms with Gasteiger partial charge >= 0.3 is 0 Å². The Hall–Kier alpha value is -1.97. The fourth-order valence-electron chi connectivity index (χ4n) is 2.22. The van der Waals surface area contributed by atoms with Crippen LogP contribution in [-0.2, 0) is 13.0 Å². The first-order chi connectivity index (χ1) is 9.94. The van der Waals surface area contributed by atoms with Crippen LogP contribution in [0.5, 0.6) is 5.75 Å². The number of aryl methyl sites for hydroxylation is 1. The van der Waals surface area contributed by atoms with Crippen LogP contribution < -0.4 is 10.5 Å². The van der Waals surface area contributed by atoms with Gasteiger partial charge in [-0.25, -0.2) is 4.68 Å². The molecule has 0 fully saturated rings. The van der Waals surface area contributed by atoms with Crippen LogP contribution in [0.2, 0.25) is 0 Å². The summed E-state index contributed by atoms with van der Waals surface area (Å²) in [5.74, 6) is 1.63. The molecule has 0 spiro atoms. The van der Waals surface area contributed by atoms with E-state index >= 15 is 0 Å². The van der Waals surface area contributed by atoms with Crippen molar-refractivity contribution in [3.63, 3.8) is 0 Å². The molecule has 0 bridgehead atoms. The van der Waals surface area contributed by atoms with E-state index in [0.717, 1.165) is 36.6 Å². The third-order valence-corrected chi connectivity index (χ3v) is 3.10. The first-order valence-corrected chi connectivity index (χ1v) is 7.44. The number of rotatable bonds is 6. The highest BCUT2D eigenvalue weighted by Gasteiger charge is 2.14. The van der Waals surface area contributed by atoms with Gasteiger partial charge in [0, 0.05) is 19.0 Å². The van der Waals surface area contributed by atoms with Crippen molar-refractivity contribution in [2.45, 2.75) is 40.2 Å². The maximum Gasteiger partial charge on any atom is 0.121 e. The summed E-state index contributed by atoms with van der Waals surface area (Å²) >= 11 is 0. The van der Waals surface area contributed by atoms with Crippen LogP contribution in [-0.4, -0.2) is 16.4 Å². The third kappa shape index (κ3) is 5.14. The number of hydrogen-bond acceptors (Lipinski definition) is 3. The molecule has 0 radical (unpaired) electrons. The van der Waals surface area contributed by atoms with Crippen molar-refractivity contribution >= 4 is 5.82 Å². The van der Waals surface area contributed by atoms with Crippen molar-refractivity contribution in [2.75, 3.05) is 12.3 Å². The van der Waals surface area contributed by atoms with Crippen LogP contribution in [0.4, 0.5) is 5.82 Å². The lowest BCUT2D eigenvalue weighted by molar-refractivity contribution is 0.298. The number of ether oxygens (including phenoxy) is 1. The van der Waals surface area contributed by atoms with E-state index in [1.807, 2.05) is 41.1 Å². The van der Waals surface area contributed by atoms with E-state index in [1.165, 1.54) is 0 Å². The van der Waals surface area contributed by atoms with E-state index in [0.29, 0.717) is 6.61 Å². The van der Waals surface area contributed by atoms with Gasteiger partial charge in [-0.1, -0.05) is 39.0 Å². The number of anilines is 1. The summed E-state index contributed by atoms with van der Waals surface area (Å²) in [7, 11) is 0. The topological polar surface area (TPSA) is 53.1 Å². The Morgan fingerprint density at radius 3 is 2.57 bits per heavy atom. The molecular formula is C17H25N3O. The quantitative estimate of drug-likeness (QED) is 0.827. The summed E-state index contributed by atoms with van der Waals surface area (Å²) in [6, 6.07) is 11.8. The van der Waals surface area contributed by atoms with Crippen LogP contribution in [0.3, 0.4) is 0 Å². The molecule has 0 unspecified atom stereocenters. The monoisotopic (exact) mass is 287 g/mol. The maximum atomic E-state index is 6.01. The van der Waals surface area contributed by atoms with Crippen LogP contribution in [0.1, 0.15) is 32.9 Å². The van der Waals surface area contributed by atoms with Gasteiger partial charge in [-0.2, -0.15) is 5.10 Å². The molecule has 4 heteroatoms. The fraction of sp³-hybridized carbons (Fsp3) is 0.471. The Balaban J connectivity index is 1.81. The lowest BCUT2D eigenvalue weighted by Crippen LogP contribution is -2.11. The molecule has 114 valence electrons. The van der Waals surface area contributed by atoms with Gasteiger partial charge in [0.25, 0.3) is 0 Å². The molecule has 2 N–H and O–H groups in total. The van der Waals surface area contributed by atoms with E-state index in [4.69, 9.17) is 10.5 Å². The highest BCUT2D eigenvalue weighted by molar-refractivity contribution is 5.31. The summed E-state index contributed by atoms with van der Waals surface area (Å²) in [6.07, 6.45) is 1.82. The molecule has 0 saturated heterocycles. The van der Waals surface area contributed by atoms with Gasteiger partial charge in [-0.15, -0.1) is 0 Å². The number of para-hydroxylation sites is 1. The van der Waals surface area contributed by atoms with Gasteiger partial charge in [0.05, 0.1) is 12.3 Å². The minimum Gasteiger partial charge on any atom is -0.494 e. The van der Waals surface area contributed by atoms with Gasteiger partial charge in [-0.05, 0) is 24.0 Å². The van der Waals surface area contributed by atoms with Crippen LogP contribution >= 0.6 is 0 Å². The molecule has 1 aromatic heterocycles. The minimum absolute atomic E-state index is 0.224. The Bertz CT molecular complexity index is 555. The molecule has 0 amide bonds. The van der Waals surface area contributed by atoms with E-state index in [-0.39, 0.29) is 5.41 Å². The zero-order valence-electron chi connectivity index (χ0n) is 13.2. The smallest absolute Gasteiger partial charge is 0.121 e. The van der Waals surface area contributed by atoms with Crippen LogP contribution in [0.25, 0.3) is 0 Å². The highest BCUT2D eigenvalue weighted by Crippen LogP contribution is 2.21. The predicted octanol–water partition coefficient (Wildman–Crippen LogP) is 3.52. The average molecular weight is 287 g/mol. The van der Waals surface area contributed by atoms with Gasteiger partial charge in [0.2, 0.25) is 0 Å². The van der Waals surface area contributed by atoms with Crippen LogP contribution in [0.15, 0.2) is 36.4 Å². The second-order valence-electron chi connectivity index (χ2n) is 6.54. The van der Waals surface area contributed by atoms with Crippen molar-refractivity contribution in [3.05, 3.63) is 42.1 Å². The second-order valence-corrected chi connectivity index (χ2v) is 6.54. The molecule has 0 aliphatic heterocycles. The summed E-state index contributed by atoms with van der Waals surface area (Å²) in [4.78, 5) is 0. The van der Waals surface area contributed by atoms with Gasteiger partial charge in [-0.3, -0.25) is 0 Å². The zero-order chi connectivity index (χ0) is 15.3. The lowest BCUT2D eigenvalue weighted by atomic mass is 9.91. The van der Waals surface area contributed by atoms with Crippen molar-refractivity contribution in [1.82, 2.24) is 9.78 Å². The van der Waals surface area contributed by atoms with Gasteiger partial charge < -0.3 is 10.5 Å². The molecule has 2 aromatic rings.